The van der Waals surface area contributed by atoms with E-state index in [2.05, 4.69) is 35.3 Å². The second kappa shape index (κ2) is 9.43. The lowest BCUT2D eigenvalue weighted by Gasteiger charge is -2.37. The first-order valence-electron chi connectivity index (χ1n) is 12.6. The van der Waals surface area contributed by atoms with Crippen LogP contribution in [-0.4, -0.2) is 96.9 Å². The molecule has 1 atom stereocenters. The summed E-state index contributed by atoms with van der Waals surface area (Å²) in [6.45, 7) is 6.69. The minimum Gasteiger partial charge on any atom is -0.368 e. The monoisotopic (exact) mass is 504 g/mol. The number of hydrogen-bond donors (Lipinski definition) is 2. The van der Waals surface area contributed by atoms with E-state index in [0.717, 1.165) is 74.6 Å². The molecule has 1 aromatic carbocycles. The van der Waals surface area contributed by atoms with Gasteiger partial charge in [-0.15, -0.1) is 0 Å². The van der Waals surface area contributed by atoms with Crippen LogP contribution in [0.4, 0.5) is 17.3 Å². The predicted molar refractivity (Wildman–Crippen MR) is 135 cm³/mol. The number of rotatable bonds is 4. The smallest absolute Gasteiger partial charge is 0.262 e. The Labute approximate surface area is 213 Å². The predicted octanol–water partition coefficient (Wildman–Crippen LogP) is -0.386. The van der Waals surface area contributed by atoms with Crippen LogP contribution in [0.1, 0.15) is 33.6 Å². The maximum Gasteiger partial charge on any atom is 0.262 e. The first-order valence-corrected chi connectivity index (χ1v) is 12.6. The molecule has 3 fully saturated rings. The van der Waals surface area contributed by atoms with E-state index in [1.165, 1.54) is 0 Å². The number of nitrogens with zero attached hydrogens (tertiary/aromatic N) is 6. The van der Waals surface area contributed by atoms with Gasteiger partial charge in [-0.05, 0) is 24.6 Å². The topological polar surface area (TPSA) is 131 Å². The van der Waals surface area contributed by atoms with Gasteiger partial charge in [0.2, 0.25) is 11.8 Å². The summed E-state index contributed by atoms with van der Waals surface area (Å²) in [6.07, 6.45) is 1.86. The van der Waals surface area contributed by atoms with Crippen LogP contribution < -0.4 is 25.3 Å². The number of carbonyl (C=O) groups is 4. The molecule has 6 rings (SSSR count). The summed E-state index contributed by atoms with van der Waals surface area (Å²) in [5, 5.41) is 5.58. The zero-order chi connectivity index (χ0) is 25.5. The highest BCUT2D eigenvalue weighted by Gasteiger charge is 2.44. The number of anilines is 3. The molecule has 12 nitrogen and oxygen atoms in total. The molecule has 0 radical (unpaired) electrons. The third-order valence-corrected chi connectivity index (χ3v) is 7.47. The van der Waals surface area contributed by atoms with Gasteiger partial charge in [0, 0.05) is 70.5 Å². The third-order valence-electron chi connectivity index (χ3n) is 7.47. The summed E-state index contributed by atoms with van der Waals surface area (Å²) in [6, 6.07) is 6.33. The van der Waals surface area contributed by atoms with Crippen molar-refractivity contribution < 1.29 is 19.2 Å². The Morgan fingerprint density at radius 3 is 2.11 bits per heavy atom. The van der Waals surface area contributed by atoms with Crippen molar-refractivity contribution in [2.75, 3.05) is 67.1 Å². The Kier molecular flexibility index (Phi) is 5.95. The summed E-state index contributed by atoms with van der Waals surface area (Å²) in [5.74, 6) is -0.131. The second-order valence-electron chi connectivity index (χ2n) is 9.62. The Hall–Kier alpha value is -4.06. The Bertz CT molecular complexity index is 1270. The van der Waals surface area contributed by atoms with Gasteiger partial charge in [-0.25, -0.2) is 9.97 Å². The number of imide groups is 2. The molecule has 12 heteroatoms. The van der Waals surface area contributed by atoms with E-state index in [1.807, 2.05) is 12.1 Å². The molecule has 2 N–H and O–H groups in total. The SMILES string of the molecule is O=C1CCC(N2C(=O)c3ccc(N4CCN(c5cc(N6CCNCC6)ncn5)CC4)cc3C2=O)C(=O)N1. The highest BCUT2D eigenvalue weighted by molar-refractivity contribution is 6.23. The van der Waals surface area contributed by atoms with Crippen molar-refractivity contribution in [1.29, 1.82) is 0 Å². The quantitative estimate of drug-likeness (QED) is 0.531. The number of benzene rings is 1. The van der Waals surface area contributed by atoms with Crippen molar-refractivity contribution in [3.63, 3.8) is 0 Å². The number of fused-ring (bicyclic) bond motifs is 1. The molecule has 0 spiro atoms. The Morgan fingerprint density at radius 2 is 1.41 bits per heavy atom. The molecule has 0 bridgehead atoms. The average molecular weight is 505 g/mol. The lowest BCUT2D eigenvalue weighted by Crippen LogP contribution is -2.54. The van der Waals surface area contributed by atoms with E-state index in [0.29, 0.717) is 11.1 Å². The zero-order valence-corrected chi connectivity index (χ0v) is 20.4. The van der Waals surface area contributed by atoms with Crippen LogP contribution in [0.3, 0.4) is 0 Å². The van der Waals surface area contributed by atoms with Crippen molar-refractivity contribution in [2.45, 2.75) is 18.9 Å². The van der Waals surface area contributed by atoms with Crippen LogP contribution in [0.25, 0.3) is 0 Å². The second-order valence-corrected chi connectivity index (χ2v) is 9.62. The molecular weight excluding hydrogens is 476 g/mol. The molecule has 1 aromatic heterocycles. The molecular formula is C25H28N8O4. The maximum absolute atomic E-state index is 13.2. The van der Waals surface area contributed by atoms with E-state index in [9.17, 15) is 19.2 Å². The van der Waals surface area contributed by atoms with Crippen LogP contribution in [-0.2, 0) is 9.59 Å². The number of amides is 4. The number of piperidine rings is 1. The van der Waals surface area contributed by atoms with Crippen molar-refractivity contribution in [1.82, 2.24) is 25.5 Å². The fraction of sp³-hybridized carbons (Fsp3) is 0.440. The summed E-state index contributed by atoms with van der Waals surface area (Å²) >= 11 is 0. The third kappa shape index (κ3) is 4.26. The summed E-state index contributed by atoms with van der Waals surface area (Å²) < 4.78 is 0. The first-order chi connectivity index (χ1) is 18.0. The molecule has 192 valence electrons. The maximum atomic E-state index is 13.2. The minimum absolute atomic E-state index is 0.0996. The van der Waals surface area contributed by atoms with Crippen molar-refractivity contribution >= 4 is 41.0 Å². The average Bonchev–Trinajstić information content (AvgIpc) is 3.18. The number of piperazine rings is 2. The Balaban J connectivity index is 1.14. The normalized spacial score (nSPS) is 22.4. The van der Waals surface area contributed by atoms with Crippen molar-refractivity contribution in [3.8, 4) is 0 Å². The Morgan fingerprint density at radius 1 is 0.757 bits per heavy atom. The number of hydrogen-bond acceptors (Lipinski definition) is 10. The highest BCUT2D eigenvalue weighted by atomic mass is 16.2. The van der Waals surface area contributed by atoms with E-state index < -0.39 is 23.8 Å². The molecule has 37 heavy (non-hydrogen) atoms. The van der Waals surface area contributed by atoms with E-state index in [1.54, 1.807) is 18.5 Å². The number of carbonyl (C=O) groups excluding carboxylic acids is 4. The fourth-order valence-corrected chi connectivity index (χ4v) is 5.43. The molecule has 5 heterocycles. The van der Waals surface area contributed by atoms with E-state index in [-0.39, 0.29) is 18.7 Å². The van der Waals surface area contributed by atoms with Gasteiger partial charge in [0.15, 0.2) is 0 Å². The summed E-state index contributed by atoms with van der Waals surface area (Å²) in [7, 11) is 0. The van der Waals surface area contributed by atoms with Crippen LogP contribution in [0, 0.1) is 0 Å². The number of aromatic nitrogens is 2. The highest BCUT2D eigenvalue weighted by Crippen LogP contribution is 2.31. The van der Waals surface area contributed by atoms with Gasteiger partial charge in [-0.2, -0.15) is 0 Å². The van der Waals surface area contributed by atoms with Crippen molar-refractivity contribution in [3.05, 3.63) is 41.7 Å². The summed E-state index contributed by atoms with van der Waals surface area (Å²) in [5.41, 5.74) is 1.44. The summed E-state index contributed by atoms with van der Waals surface area (Å²) in [4.78, 5) is 66.6. The van der Waals surface area contributed by atoms with Crippen molar-refractivity contribution in [2.24, 2.45) is 0 Å². The molecule has 1 unspecified atom stereocenters. The molecule has 0 aliphatic carbocycles. The van der Waals surface area contributed by atoms with Crippen LogP contribution >= 0.6 is 0 Å². The minimum atomic E-state index is -0.962. The largest absolute Gasteiger partial charge is 0.368 e. The molecule has 3 saturated heterocycles. The first kappa shape index (κ1) is 23.3. The number of nitrogens with one attached hydrogen (secondary N) is 2. The standard InChI is InChI=1S/C25H28N8O4/c34-22-4-3-19(23(35)29-22)33-24(36)17-2-1-16(13-18(17)25(33)37)30-9-11-32(12-10-30)21-14-20(27-15-28-21)31-7-5-26-6-8-31/h1-2,13-15,19,26H,3-12H2,(H,29,34,35). The van der Waals surface area contributed by atoms with Gasteiger partial charge >= 0.3 is 0 Å². The molecule has 4 aliphatic heterocycles. The lowest BCUT2D eigenvalue weighted by atomic mass is 10.0. The van der Waals surface area contributed by atoms with Gasteiger partial charge in [0.05, 0.1) is 11.1 Å². The zero-order valence-electron chi connectivity index (χ0n) is 20.4. The molecule has 4 amide bonds. The molecule has 0 saturated carbocycles. The van der Waals surface area contributed by atoms with Gasteiger partial charge < -0.3 is 20.0 Å². The lowest BCUT2D eigenvalue weighted by molar-refractivity contribution is -0.136. The van der Waals surface area contributed by atoms with Gasteiger partial charge in [0.1, 0.15) is 24.0 Å². The van der Waals surface area contributed by atoms with Crippen LogP contribution in [0.2, 0.25) is 0 Å². The molecule has 2 aromatic rings. The van der Waals surface area contributed by atoms with Gasteiger partial charge in [0.25, 0.3) is 11.8 Å². The van der Waals surface area contributed by atoms with E-state index in [4.69, 9.17) is 0 Å². The van der Waals surface area contributed by atoms with Gasteiger partial charge in [-0.1, -0.05) is 0 Å². The van der Waals surface area contributed by atoms with Crippen LogP contribution in [0.5, 0.6) is 0 Å². The van der Waals surface area contributed by atoms with Crippen LogP contribution in [0.15, 0.2) is 30.6 Å². The fourth-order valence-electron chi connectivity index (χ4n) is 5.43. The van der Waals surface area contributed by atoms with E-state index >= 15 is 0 Å². The molecule has 4 aliphatic rings. The van der Waals surface area contributed by atoms with Gasteiger partial charge in [-0.3, -0.25) is 29.4 Å².